The number of phosphoric acid groups is 2. The summed E-state index contributed by atoms with van der Waals surface area (Å²) in [5.74, 6) is 0.889. The minimum atomic E-state index is -4.96. The van der Waals surface area contributed by atoms with Crippen LogP contribution in [0.1, 0.15) is 376 Å². The van der Waals surface area contributed by atoms with Crippen molar-refractivity contribution in [2.75, 3.05) is 39.6 Å². The predicted octanol–water partition coefficient (Wildman–Crippen LogP) is 21.7. The Morgan fingerprint density at radius 1 is 0.266 bits per heavy atom. The largest absolute Gasteiger partial charge is 0.472 e. The number of aliphatic hydroxyl groups is 1. The number of hydrogen-bond donors (Lipinski definition) is 3. The molecule has 17 nitrogen and oxygen atoms in total. The number of carbonyl (C=O) groups excluding carboxylic acids is 4. The summed E-state index contributed by atoms with van der Waals surface area (Å²) in [6.07, 6.45) is 48.7. The molecule has 19 heteroatoms. The Morgan fingerprint density at radius 3 is 0.660 bits per heavy atom. The van der Waals surface area contributed by atoms with Gasteiger partial charge in [0.25, 0.3) is 0 Å². The molecular weight excluding hydrogens is 1230 g/mol. The molecule has 0 bridgehead atoms. The van der Waals surface area contributed by atoms with Crippen LogP contribution in [0, 0.1) is 23.7 Å². The van der Waals surface area contributed by atoms with Gasteiger partial charge >= 0.3 is 39.5 Å². The quantitative estimate of drug-likeness (QED) is 0.0222. The molecular formula is C75H146O17P2. The van der Waals surface area contributed by atoms with Gasteiger partial charge in [-0.05, 0) is 49.4 Å². The van der Waals surface area contributed by atoms with Gasteiger partial charge in [-0.25, -0.2) is 9.13 Å². The van der Waals surface area contributed by atoms with E-state index in [1.165, 1.54) is 173 Å². The molecule has 2 unspecified atom stereocenters. The Balaban J connectivity index is 5.24. The second-order valence-electron chi connectivity index (χ2n) is 28.9. The average molecular weight is 1380 g/mol. The maximum Gasteiger partial charge on any atom is 0.472 e. The van der Waals surface area contributed by atoms with E-state index in [2.05, 4.69) is 55.4 Å². The first kappa shape index (κ1) is 92.1. The molecule has 0 amide bonds. The molecule has 0 rings (SSSR count). The van der Waals surface area contributed by atoms with Gasteiger partial charge < -0.3 is 33.8 Å². The van der Waals surface area contributed by atoms with Gasteiger partial charge in [-0.3, -0.25) is 37.3 Å². The van der Waals surface area contributed by atoms with E-state index in [-0.39, 0.29) is 25.7 Å². The smallest absolute Gasteiger partial charge is 0.462 e. The lowest BCUT2D eigenvalue weighted by atomic mass is 10.0. The zero-order valence-electron chi connectivity index (χ0n) is 61.6. The second-order valence-corrected chi connectivity index (χ2v) is 31.9. The molecule has 0 heterocycles. The van der Waals surface area contributed by atoms with Gasteiger partial charge in [-0.2, -0.15) is 0 Å². The van der Waals surface area contributed by atoms with Crippen molar-refractivity contribution in [2.24, 2.45) is 23.7 Å². The molecule has 0 saturated heterocycles. The molecule has 0 aliphatic carbocycles. The van der Waals surface area contributed by atoms with Crippen LogP contribution in [-0.2, 0) is 65.4 Å². The monoisotopic (exact) mass is 1380 g/mol. The van der Waals surface area contributed by atoms with Crippen molar-refractivity contribution in [1.82, 2.24) is 0 Å². The summed E-state index contributed by atoms with van der Waals surface area (Å²) in [6.45, 7) is 14.1. The highest BCUT2D eigenvalue weighted by atomic mass is 31.2. The van der Waals surface area contributed by atoms with Crippen LogP contribution < -0.4 is 0 Å². The van der Waals surface area contributed by atoms with Crippen LogP contribution in [-0.4, -0.2) is 96.7 Å². The first-order chi connectivity index (χ1) is 45.1. The molecule has 558 valence electrons. The summed E-state index contributed by atoms with van der Waals surface area (Å²) >= 11 is 0. The number of phosphoric ester groups is 2. The van der Waals surface area contributed by atoms with Gasteiger partial charge in [0.05, 0.1) is 26.4 Å². The highest BCUT2D eigenvalue weighted by molar-refractivity contribution is 7.47. The number of aliphatic hydroxyl groups excluding tert-OH is 1. The minimum Gasteiger partial charge on any atom is -0.462 e. The molecule has 0 aromatic carbocycles. The Hall–Kier alpha value is -1.94. The van der Waals surface area contributed by atoms with E-state index in [1.807, 2.05) is 0 Å². The van der Waals surface area contributed by atoms with Crippen LogP contribution in [0.15, 0.2) is 0 Å². The third kappa shape index (κ3) is 68.6. The number of hydrogen-bond acceptors (Lipinski definition) is 15. The summed E-state index contributed by atoms with van der Waals surface area (Å²) < 4.78 is 68.5. The fraction of sp³-hybridized carbons (Fsp3) is 0.947. The SMILES string of the molecule is CC(C)CCCCCCCCCCCCCCCC(=O)OC[C@H](COP(=O)(O)OC[C@@H](O)COP(=O)(O)OC[C@@H](COC(=O)CCCCCCCCC(C)C)OC(=O)CCCCCCCCCCCCCC(C)C)OC(=O)CCCCCCCCCCCCCCC(C)C. The van der Waals surface area contributed by atoms with E-state index < -0.39 is 97.5 Å². The third-order valence-corrected chi connectivity index (χ3v) is 19.2. The van der Waals surface area contributed by atoms with Crippen LogP contribution in [0.3, 0.4) is 0 Å². The van der Waals surface area contributed by atoms with Crippen molar-refractivity contribution < 1.29 is 80.2 Å². The van der Waals surface area contributed by atoms with Crippen molar-refractivity contribution in [3.63, 3.8) is 0 Å². The lowest BCUT2D eigenvalue weighted by Gasteiger charge is -2.21. The number of unbranched alkanes of at least 4 members (excludes halogenated alkanes) is 38. The first-order valence-corrected chi connectivity index (χ1v) is 41.7. The van der Waals surface area contributed by atoms with E-state index in [0.717, 1.165) is 114 Å². The van der Waals surface area contributed by atoms with Crippen LogP contribution >= 0.6 is 15.6 Å². The molecule has 0 aromatic rings. The fourth-order valence-electron chi connectivity index (χ4n) is 11.4. The Morgan fingerprint density at radius 2 is 0.447 bits per heavy atom. The van der Waals surface area contributed by atoms with Gasteiger partial charge in [0.1, 0.15) is 19.3 Å². The van der Waals surface area contributed by atoms with E-state index in [4.69, 9.17) is 37.0 Å². The highest BCUT2D eigenvalue weighted by Crippen LogP contribution is 2.45. The van der Waals surface area contributed by atoms with Crippen LogP contribution in [0.4, 0.5) is 0 Å². The lowest BCUT2D eigenvalue weighted by molar-refractivity contribution is -0.161. The van der Waals surface area contributed by atoms with E-state index in [1.54, 1.807) is 0 Å². The molecule has 0 spiro atoms. The molecule has 0 aliphatic rings. The maximum absolute atomic E-state index is 13.1. The number of rotatable bonds is 72. The molecule has 3 N–H and O–H groups in total. The summed E-state index contributed by atoms with van der Waals surface area (Å²) in [7, 11) is -9.91. The maximum atomic E-state index is 13.1. The second kappa shape index (κ2) is 64.4. The topological polar surface area (TPSA) is 237 Å². The summed E-state index contributed by atoms with van der Waals surface area (Å²) in [6, 6.07) is 0. The van der Waals surface area contributed by atoms with Gasteiger partial charge in [-0.15, -0.1) is 0 Å². The third-order valence-electron chi connectivity index (χ3n) is 17.3. The molecule has 0 fully saturated rings. The molecule has 0 aliphatic heterocycles. The van der Waals surface area contributed by atoms with Gasteiger partial charge in [-0.1, -0.05) is 325 Å². The van der Waals surface area contributed by atoms with Crippen molar-refractivity contribution >= 4 is 39.5 Å². The highest BCUT2D eigenvalue weighted by Gasteiger charge is 2.30. The zero-order chi connectivity index (χ0) is 69.6. The number of ether oxygens (including phenoxy) is 4. The zero-order valence-corrected chi connectivity index (χ0v) is 63.4. The summed E-state index contributed by atoms with van der Waals surface area (Å²) in [4.78, 5) is 72.7. The summed E-state index contributed by atoms with van der Waals surface area (Å²) in [5.41, 5.74) is 0. The van der Waals surface area contributed by atoms with Crippen LogP contribution in [0.2, 0.25) is 0 Å². The van der Waals surface area contributed by atoms with Crippen molar-refractivity contribution in [2.45, 2.75) is 395 Å². The van der Waals surface area contributed by atoms with Crippen molar-refractivity contribution in [3.8, 4) is 0 Å². The first-order valence-electron chi connectivity index (χ1n) is 38.7. The fourth-order valence-corrected chi connectivity index (χ4v) is 13.0. The Bertz CT molecular complexity index is 1850. The average Bonchev–Trinajstić information content (AvgIpc) is 1.77. The van der Waals surface area contributed by atoms with E-state index in [0.29, 0.717) is 31.6 Å². The van der Waals surface area contributed by atoms with E-state index in [9.17, 15) is 43.2 Å². The molecule has 0 saturated carbocycles. The van der Waals surface area contributed by atoms with Crippen molar-refractivity contribution in [1.29, 1.82) is 0 Å². The van der Waals surface area contributed by atoms with Crippen LogP contribution in [0.25, 0.3) is 0 Å². The molecule has 0 radical (unpaired) electrons. The Labute approximate surface area is 575 Å². The van der Waals surface area contributed by atoms with Gasteiger partial charge in [0.15, 0.2) is 12.2 Å². The predicted molar refractivity (Wildman–Crippen MR) is 381 cm³/mol. The number of carbonyl (C=O) groups is 4. The Kier molecular flexibility index (Phi) is 63.1. The molecule has 5 atom stereocenters. The molecule has 0 aromatic heterocycles. The van der Waals surface area contributed by atoms with Crippen LogP contribution in [0.5, 0.6) is 0 Å². The van der Waals surface area contributed by atoms with E-state index >= 15 is 0 Å². The normalized spacial score (nSPS) is 14.2. The van der Waals surface area contributed by atoms with Crippen molar-refractivity contribution in [3.05, 3.63) is 0 Å². The molecule has 94 heavy (non-hydrogen) atoms. The lowest BCUT2D eigenvalue weighted by Crippen LogP contribution is -2.30. The van der Waals surface area contributed by atoms with Gasteiger partial charge in [0, 0.05) is 25.7 Å². The minimum absolute atomic E-state index is 0.105. The number of esters is 4. The standard InChI is InChI=1S/C75H146O17P2/c1-65(2)51-43-35-27-21-15-10-9-11-18-24-30-39-47-55-72(77)85-61-70(91-74(79)57-49-41-31-25-19-13-12-16-22-28-36-44-52-66(3)4)63-89-93(81,82)87-59-69(76)60-88-94(83,84)90-64-71(62-86-73(78)56-48-40-34-33-38-46-54-68(7)8)92-75(80)58-50-42-32-26-20-14-17-23-29-37-45-53-67(5)6/h65-71,76H,9-64H2,1-8H3,(H,81,82)(H,83,84)/t69-,70-,71-/m1/s1. The summed E-state index contributed by atoms with van der Waals surface area (Å²) in [5, 5.41) is 10.6. The van der Waals surface area contributed by atoms with Gasteiger partial charge in [0.2, 0.25) is 0 Å².